The largest absolute Gasteiger partial charge is 0.508 e. The number of methoxy groups -OCH3 is 2. The van der Waals surface area contributed by atoms with E-state index < -0.39 is 0 Å². The van der Waals surface area contributed by atoms with Crippen LogP contribution in [0, 0.1) is 0 Å². The number of carbonyl (C=O) groups is 1. The third-order valence-corrected chi connectivity index (χ3v) is 2.89. The highest BCUT2D eigenvalue weighted by Crippen LogP contribution is 2.28. The second kappa shape index (κ2) is 11.8. The highest BCUT2D eigenvalue weighted by atomic mass is 16.5. The first-order valence-electron chi connectivity index (χ1n) is 6.78. The Bertz CT molecular complexity index is 571. The maximum atomic E-state index is 9.43. The molecule has 2 aromatic carbocycles. The van der Waals surface area contributed by atoms with Gasteiger partial charge < -0.3 is 34.7 Å². The quantitative estimate of drug-likeness (QED) is 0.669. The number of hydrogen-bond donors (Lipinski definition) is 4. The smallest absolute Gasteiger partial charge is 0.126 e. The maximum absolute atomic E-state index is 9.43. The molecular formula is C17H22O7. The molecule has 0 aliphatic carbocycles. The lowest BCUT2D eigenvalue weighted by atomic mass is 10.1. The van der Waals surface area contributed by atoms with Crippen LogP contribution >= 0.6 is 0 Å². The Morgan fingerprint density at radius 1 is 0.833 bits per heavy atom. The number of hydrogen-bond acceptors (Lipinski definition) is 7. The summed E-state index contributed by atoms with van der Waals surface area (Å²) in [5, 5.41) is 36.0. The lowest BCUT2D eigenvalue weighted by Crippen LogP contribution is -1.94. The van der Waals surface area contributed by atoms with Gasteiger partial charge in [0.25, 0.3) is 0 Å². The molecule has 0 aliphatic heterocycles. The van der Waals surface area contributed by atoms with Gasteiger partial charge in [0, 0.05) is 11.1 Å². The van der Waals surface area contributed by atoms with E-state index >= 15 is 0 Å². The fourth-order valence-corrected chi connectivity index (χ4v) is 1.67. The fourth-order valence-electron chi connectivity index (χ4n) is 1.67. The van der Waals surface area contributed by atoms with Crippen molar-refractivity contribution < 1.29 is 34.7 Å². The third-order valence-electron chi connectivity index (χ3n) is 2.89. The minimum atomic E-state index is -0.282. The van der Waals surface area contributed by atoms with Gasteiger partial charge in [-0.1, -0.05) is 0 Å². The topological polar surface area (TPSA) is 116 Å². The van der Waals surface area contributed by atoms with Crippen molar-refractivity contribution in [1.82, 2.24) is 0 Å². The van der Waals surface area contributed by atoms with Crippen molar-refractivity contribution in [3.63, 3.8) is 0 Å². The zero-order chi connectivity index (χ0) is 18.5. The predicted octanol–water partition coefficient (Wildman–Crippen LogP) is 1.60. The Hall–Kier alpha value is -2.77. The summed E-state index contributed by atoms with van der Waals surface area (Å²) in [5.74, 6) is 1.44. The van der Waals surface area contributed by atoms with E-state index in [0.717, 1.165) is 5.75 Å². The maximum Gasteiger partial charge on any atom is 0.126 e. The number of phenols is 2. The van der Waals surface area contributed by atoms with Crippen molar-refractivity contribution in [1.29, 1.82) is 0 Å². The van der Waals surface area contributed by atoms with E-state index in [4.69, 9.17) is 29.6 Å². The van der Waals surface area contributed by atoms with Crippen LogP contribution in [0.25, 0.3) is 0 Å². The minimum absolute atomic E-state index is 0.0780. The van der Waals surface area contributed by atoms with Crippen LogP contribution < -0.4 is 9.47 Å². The van der Waals surface area contributed by atoms with Crippen molar-refractivity contribution in [3.05, 3.63) is 47.5 Å². The van der Waals surface area contributed by atoms with Gasteiger partial charge in [-0.2, -0.15) is 0 Å². The molecule has 7 heteroatoms. The average Bonchev–Trinajstić information content (AvgIpc) is 2.64. The zero-order valence-corrected chi connectivity index (χ0v) is 13.6. The van der Waals surface area contributed by atoms with Gasteiger partial charge >= 0.3 is 0 Å². The zero-order valence-electron chi connectivity index (χ0n) is 13.6. The summed E-state index contributed by atoms with van der Waals surface area (Å²) in [6.07, 6.45) is 0. The molecule has 24 heavy (non-hydrogen) atoms. The van der Waals surface area contributed by atoms with Crippen LogP contribution in [-0.2, 0) is 18.0 Å². The van der Waals surface area contributed by atoms with E-state index in [1.807, 2.05) is 6.79 Å². The van der Waals surface area contributed by atoms with Crippen LogP contribution in [-0.4, -0.2) is 41.4 Å². The van der Waals surface area contributed by atoms with Gasteiger partial charge in [-0.05, 0) is 36.4 Å². The molecule has 2 aromatic rings. The predicted molar refractivity (Wildman–Crippen MR) is 88.3 cm³/mol. The van der Waals surface area contributed by atoms with Gasteiger partial charge in [-0.15, -0.1) is 0 Å². The number of benzene rings is 2. The molecule has 0 unspecified atom stereocenters. The molecular weight excluding hydrogens is 316 g/mol. The number of carbonyl (C=O) groups excluding carboxylic acids is 1. The SMILES string of the molecule is C=O.COc1cc(CO)c(O)c(CO)c1.COc1ccc(O)cc1. The van der Waals surface area contributed by atoms with Crippen LogP contribution in [0.3, 0.4) is 0 Å². The highest BCUT2D eigenvalue weighted by molar-refractivity contribution is 5.45. The second-order valence-corrected chi connectivity index (χ2v) is 4.31. The molecule has 0 heterocycles. The summed E-state index contributed by atoms with van der Waals surface area (Å²) in [5.41, 5.74) is 0.701. The number of aliphatic hydroxyl groups excluding tert-OH is 2. The first kappa shape index (κ1) is 21.2. The minimum Gasteiger partial charge on any atom is -0.508 e. The lowest BCUT2D eigenvalue weighted by Gasteiger charge is -2.08. The van der Waals surface area contributed by atoms with Gasteiger partial charge in [-0.3, -0.25) is 0 Å². The lowest BCUT2D eigenvalue weighted by molar-refractivity contribution is -0.0980. The van der Waals surface area contributed by atoms with Crippen molar-refractivity contribution in [2.75, 3.05) is 14.2 Å². The molecule has 0 fully saturated rings. The van der Waals surface area contributed by atoms with E-state index in [0.29, 0.717) is 16.9 Å². The summed E-state index contributed by atoms with van der Waals surface area (Å²) in [4.78, 5) is 8.00. The number of ether oxygens (including phenoxy) is 2. The third kappa shape index (κ3) is 6.55. The van der Waals surface area contributed by atoms with Crippen LogP contribution in [0.15, 0.2) is 36.4 Å². The van der Waals surface area contributed by atoms with Crippen molar-refractivity contribution in [2.24, 2.45) is 0 Å². The standard InChI is InChI=1S/C9H12O4.C7H8O2.CH2O/c1-13-8-2-6(4-10)9(12)7(3-8)5-11;1-9-7-4-2-6(8)3-5-7;1-2/h2-3,10-12H,4-5H2,1H3;2-5,8H,1H3;1H2. The molecule has 0 aliphatic rings. The van der Waals surface area contributed by atoms with Crippen molar-refractivity contribution >= 4 is 6.79 Å². The molecule has 0 saturated heterocycles. The Kier molecular flexibility index (Phi) is 10.4. The van der Waals surface area contributed by atoms with Crippen LogP contribution in [0.2, 0.25) is 0 Å². The molecule has 7 nitrogen and oxygen atoms in total. The Labute approximate surface area is 140 Å². The first-order valence-corrected chi connectivity index (χ1v) is 6.78. The molecule has 0 radical (unpaired) electrons. The van der Waals surface area contributed by atoms with Gasteiger partial charge in [0.1, 0.15) is 29.8 Å². The van der Waals surface area contributed by atoms with E-state index in [1.165, 1.54) is 19.2 Å². The molecule has 0 atom stereocenters. The summed E-state index contributed by atoms with van der Waals surface area (Å²) < 4.78 is 9.78. The number of aliphatic hydroxyl groups is 2. The molecule has 0 spiro atoms. The first-order chi connectivity index (χ1) is 11.5. The monoisotopic (exact) mass is 338 g/mol. The summed E-state index contributed by atoms with van der Waals surface area (Å²) in [6.45, 7) is 1.44. The Morgan fingerprint density at radius 3 is 1.58 bits per heavy atom. The van der Waals surface area contributed by atoms with Gasteiger partial charge in [0.2, 0.25) is 0 Å². The summed E-state index contributed by atoms with van der Waals surface area (Å²) in [6, 6.07) is 9.62. The van der Waals surface area contributed by atoms with Gasteiger partial charge in [-0.25, -0.2) is 0 Å². The molecule has 2 rings (SSSR count). The molecule has 0 amide bonds. The molecule has 0 saturated carbocycles. The summed E-state index contributed by atoms with van der Waals surface area (Å²) >= 11 is 0. The van der Waals surface area contributed by atoms with E-state index in [-0.39, 0.29) is 24.7 Å². The van der Waals surface area contributed by atoms with E-state index in [2.05, 4.69) is 0 Å². The Balaban J connectivity index is 0.000000420. The normalized spacial score (nSPS) is 9.00. The molecule has 4 N–H and O–H groups in total. The Morgan fingerprint density at radius 2 is 1.25 bits per heavy atom. The number of aromatic hydroxyl groups is 2. The highest BCUT2D eigenvalue weighted by Gasteiger charge is 2.08. The van der Waals surface area contributed by atoms with Crippen molar-refractivity contribution in [3.8, 4) is 23.0 Å². The number of phenolic OH excluding ortho intramolecular Hbond substituents is 1. The van der Waals surface area contributed by atoms with Crippen molar-refractivity contribution in [2.45, 2.75) is 13.2 Å². The summed E-state index contributed by atoms with van der Waals surface area (Å²) in [7, 11) is 3.07. The second-order valence-electron chi connectivity index (χ2n) is 4.31. The van der Waals surface area contributed by atoms with Gasteiger partial charge in [0.05, 0.1) is 27.4 Å². The van der Waals surface area contributed by atoms with Crippen LogP contribution in [0.4, 0.5) is 0 Å². The van der Waals surface area contributed by atoms with E-state index in [9.17, 15) is 5.11 Å². The fraction of sp³-hybridized carbons (Fsp3) is 0.235. The number of rotatable bonds is 4. The van der Waals surface area contributed by atoms with Crippen LogP contribution in [0.5, 0.6) is 23.0 Å². The molecule has 132 valence electrons. The van der Waals surface area contributed by atoms with Crippen LogP contribution in [0.1, 0.15) is 11.1 Å². The van der Waals surface area contributed by atoms with E-state index in [1.54, 1.807) is 31.4 Å². The average molecular weight is 338 g/mol. The van der Waals surface area contributed by atoms with Gasteiger partial charge in [0.15, 0.2) is 0 Å². The molecule has 0 aromatic heterocycles. The molecule has 0 bridgehead atoms.